The van der Waals surface area contributed by atoms with Gasteiger partial charge >= 0.3 is 0 Å². The molecule has 0 radical (unpaired) electrons. The molecular formula is C13H6Cl2N2O3. The maximum atomic E-state index is 12.4. The third-order valence-electron chi connectivity index (χ3n) is 3.04. The Bertz CT molecular complexity index is 934. The zero-order chi connectivity index (χ0) is 14.4. The molecule has 20 heavy (non-hydrogen) atoms. The maximum absolute atomic E-state index is 12.4. The number of nitro benzene ring substituents is 1. The van der Waals surface area contributed by atoms with Crippen LogP contribution in [0.25, 0.3) is 21.8 Å². The van der Waals surface area contributed by atoms with E-state index in [2.05, 4.69) is 4.98 Å². The van der Waals surface area contributed by atoms with Gasteiger partial charge in [0.2, 0.25) is 0 Å². The molecule has 0 aliphatic rings. The Morgan fingerprint density at radius 3 is 2.60 bits per heavy atom. The number of H-pyrrole nitrogens is 1. The number of aromatic nitrogens is 1. The van der Waals surface area contributed by atoms with Crippen LogP contribution in [-0.2, 0) is 0 Å². The van der Waals surface area contributed by atoms with Gasteiger partial charge in [0.25, 0.3) is 5.69 Å². The van der Waals surface area contributed by atoms with Crippen LogP contribution in [0.3, 0.4) is 0 Å². The number of halogens is 2. The topological polar surface area (TPSA) is 76.0 Å². The van der Waals surface area contributed by atoms with E-state index in [0.717, 1.165) is 0 Å². The summed E-state index contributed by atoms with van der Waals surface area (Å²) in [4.78, 5) is 25.8. The SMILES string of the molecule is O=c1c2ccc(Cl)cc2[nH]c2c([N+](=O)[O-])ccc(Cl)c12. The fourth-order valence-corrected chi connectivity index (χ4v) is 2.57. The molecule has 0 aliphatic heterocycles. The maximum Gasteiger partial charge on any atom is 0.293 e. The van der Waals surface area contributed by atoms with E-state index in [1.165, 1.54) is 12.1 Å². The highest BCUT2D eigenvalue weighted by Gasteiger charge is 2.18. The molecular weight excluding hydrogens is 303 g/mol. The molecule has 2 aromatic carbocycles. The Morgan fingerprint density at radius 1 is 1.15 bits per heavy atom. The van der Waals surface area contributed by atoms with E-state index in [1.807, 2.05) is 0 Å². The van der Waals surface area contributed by atoms with E-state index >= 15 is 0 Å². The molecule has 0 aliphatic carbocycles. The number of nitro groups is 1. The molecule has 0 saturated carbocycles. The Kier molecular flexibility index (Phi) is 2.88. The van der Waals surface area contributed by atoms with Crippen molar-refractivity contribution in [1.29, 1.82) is 0 Å². The first kappa shape index (κ1) is 12.9. The second-order valence-corrected chi connectivity index (χ2v) is 5.06. The van der Waals surface area contributed by atoms with Crippen LogP contribution >= 0.6 is 23.2 Å². The van der Waals surface area contributed by atoms with Crippen molar-refractivity contribution in [2.24, 2.45) is 0 Å². The molecule has 0 amide bonds. The van der Waals surface area contributed by atoms with Crippen molar-refractivity contribution in [1.82, 2.24) is 4.98 Å². The molecule has 3 rings (SSSR count). The highest BCUT2D eigenvalue weighted by molar-refractivity contribution is 6.36. The molecule has 0 fully saturated rings. The number of rotatable bonds is 1. The van der Waals surface area contributed by atoms with Crippen molar-refractivity contribution in [2.45, 2.75) is 0 Å². The molecule has 0 atom stereocenters. The molecule has 1 N–H and O–H groups in total. The predicted molar refractivity (Wildman–Crippen MR) is 78.7 cm³/mol. The second kappa shape index (κ2) is 4.47. The molecule has 5 nitrogen and oxygen atoms in total. The van der Waals surface area contributed by atoms with Crippen molar-refractivity contribution < 1.29 is 4.92 Å². The summed E-state index contributed by atoms with van der Waals surface area (Å²) in [6, 6.07) is 7.29. The summed E-state index contributed by atoms with van der Waals surface area (Å²) in [7, 11) is 0. The average Bonchev–Trinajstić information content (AvgIpc) is 2.38. The highest BCUT2D eigenvalue weighted by atomic mass is 35.5. The van der Waals surface area contributed by atoms with Gasteiger partial charge in [0.15, 0.2) is 5.43 Å². The van der Waals surface area contributed by atoms with E-state index in [0.29, 0.717) is 15.9 Å². The molecule has 0 saturated heterocycles. The van der Waals surface area contributed by atoms with Crippen molar-refractivity contribution >= 4 is 50.7 Å². The van der Waals surface area contributed by atoms with Crippen molar-refractivity contribution in [3.8, 4) is 0 Å². The lowest BCUT2D eigenvalue weighted by atomic mass is 10.1. The molecule has 0 spiro atoms. The molecule has 0 bridgehead atoms. The van der Waals surface area contributed by atoms with Crippen LogP contribution in [0.15, 0.2) is 35.1 Å². The summed E-state index contributed by atoms with van der Waals surface area (Å²) in [6.07, 6.45) is 0. The van der Waals surface area contributed by atoms with Crippen LogP contribution in [0, 0.1) is 10.1 Å². The zero-order valence-corrected chi connectivity index (χ0v) is 11.3. The number of nitrogens with zero attached hydrogens (tertiary/aromatic N) is 1. The first-order chi connectivity index (χ1) is 9.49. The number of aromatic amines is 1. The predicted octanol–water partition coefficient (Wildman–Crippen LogP) is 3.90. The first-order valence-corrected chi connectivity index (χ1v) is 6.33. The summed E-state index contributed by atoms with van der Waals surface area (Å²) < 4.78 is 0. The molecule has 7 heteroatoms. The van der Waals surface area contributed by atoms with Gasteiger partial charge in [0.05, 0.1) is 20.8 Å². The first-order valence-electron chi connectivity index (χ1n) is 5.57. The molecule has 0 unspecified atom stereocenters. The minimum atomic E-state index is -0.565. The third kappa shape index (κ3) is 1.83. The van der Waals surface area contributed by atoms with Crippen molar-refractivity contribution in [3.63, 3.8) is 0 Å². The Balaban J connectivity index is 2.62. The van der Waals surface area contributed by atoms with Gasteiger partial charge < -0.3 is 4.98 Å². The van der Waals surface area contributed by atoms with Crippen molar-refractivity contribution in [2.75, 3.05) is 0 Å². The molecule has 100 valence electrons. The van der Waals surface area contributed by atoms with Gasteiger partial charge in [-0.2, -0.15) is 0 Å². The highest BCUT2D eigenvalue weighted by Crippen LogP contribution is 2.29. The lowest BCUT2D eigenvalue weighted by Gasteiger charge is -2.05. The number of fused-ring (bicyclic) bond motifs is 2. The van der Waals surface area contributed by atoms with E-state index in [-0.39, 0.29) is 27.0 Å². The fourth-order valence-electron chi connectivity index (χ4n) is 2.15. The summed E-state index contributed by atoms with van der Waals surface area (Å²) in [5, 5.41) is 12.1. The Labute approximate surface area is 121 Å². The Morgan fingerprint density at radius 2 is 1.90 bits per heavy atom. The summed E-state index contributed by atoms with van der Waals surface area (Å²) in [5.41, 5.74) is -0.0369. The quantitative estimate of drug-likeness (QED) is 0.421. The van der Waals surface area contributed by atoms with Gasteiger partial charge in [-0.3, -0.25) is 14.9 Å². The van der Waals surface area contributed by atoms with Crippen LogP contribution in [0.2, 0.25) is 10.0 Å². The van der Waals surface area contributed by atoms with Crippen LogP contribution in [0.4, 0.5) is 5.69 Å². The van der Waals surface area contributed by atoms with Gasteiger partial charge in [0.1, 0.15) is 5.52 Å². The fraction of sp³-hybridized carbons (Fsp3) is 0. The van der Waals surface area contributed by atoms with E-state index in [1.54, 1.807) is 18.2 Å². The number of benzene rings is 2. The van der Waals surface area contributed by atoms with Gasteiger partial charge in [-0.25, -0.2) is 0 Å². The van der Waals surface area contributed by atoms with Crippen LogP contribution < -0.4 is 5.43 Å². The lowest BCUT2D eigenvalue weighted by molar-refractivity contribution is -0.383. The molecule has 1 heterocycles. The third-order valence-corrected chi connectivity index (χ3v) is 3.59. The molecule has 1 aromatic heterocycles. The summed E-state index contributed by atoms with van der Waals surface area (Å²) in [5.74, 6) is 0. The number of non-ortho nitro benzene ring substituents is 1. The normalized spacial score (nSPS) is 11.1. The number of hydrogen-bond donors (Lipinski definition) is 1. The minimum absolute atomic E-state index is 0.0993. The lowest BCUT2D eigenvalue weighted by Crippen LogP contribution is -2.06. The van der Waals surface area contributed by atoms with E-state index in [4.69, 9.17) is 23.2 Å². The summed E-state index contributed by atoms with van der Waals surface area (Å²) in [6.45, 7) is 0. The number of hydrogen-bond acceptors (Lipinski definition) is 3. The minimum Gasteiger partial charge on any atom is -0.349 e. The standard InChI is InChI=1S/C13H6Cl2N2O3/c14-6-1-2-7-9(5-6)16-12-10(17(19)20)4-3-8(15)11(12)13(7)18/h1-5H,(H,16,18). The average molecular weight is 309 g/mol. The van der Waals surface area contributed by atoms with Gasteiger partial charge in [-0.1, -0.05) is 23.2 Å². The van der Waals surface area contributed by atoms with Crippen molar-refractivity contribution in [3.05, 3.63) is 60.7 Å². The van der Waals surface area contributed by atoms with Crippen LogP contribution in [-0.4, -0.2) is 9.91 Å². The zero-order valence-electron chi connectivity index (χ0n) is 9.81. The van der Waals surface area contributed by atoms with Gasteiger partial charge in [-0.05, 0) is 24.3 Å². The van der Waals surface area contributed by atoms with E-state index in [9.17, 15) is 14.9 Å². The number of nitrogens with one attached hydrogen (secondary N) is 1. The smallest absolute Gasteiger partial charge is 0.293 e. The Hall–Kier alpha value is -2.11. The summed E-state index contributed by atoms with van der Waals surface area (Å²) >= 11 is 11.9. The van der Waals surface area contributed by atoms with Crippen LogP contribution in [0.1, 0.15) is 0 Å². The molecule has 3 aromatic rings. The second-order valence-electron chi connectivity index (χ2n) is 4.22. The monoisotopic (exact) mass is 308 g/mol. The number of pyridine rings is 1. The van der Waals surface area contributed by atoms with Gasteiger partial charge in [-0.15, -0.1) is 0 Å². The van der Waals surface area contributed by atoms with E-state index < -0.39 is 4.92 Å². The van der Waals surface area contributed by atoms with Crippen LogP contribution in [0.5, 0.6) is 0 Å². The van der Waals surface area contributed by atoms with Gasteiger partial charge in [0, 0.05) is 16.5 Å². The largest absolute Gasteiger partial charge is 0.349 e.